The van der Waals surface area contributed by atoms with E-state index < -0.39 is 0 Å². The molecule has 0 aliphatic heterocycles. The average Bonchev–Trinajstić information content (AvgIpc) is 2.58. The summed E-state index contributed by atoms with van der Waals surface area (Å²) in [5.41, 5.74) is 7.33. The van der Waals surface area contributed by atoms with Gasteiger partial charge in [-0.05, 0) is 37.7 Å². The van der Waals surface area contributed by atoms with Crippen molar-refractivity contribution in [1.82, 2.24) is 9.78 Å². The first-order valence-electron chi connectivity index (χ1n) is 5.82. The molecule has 3 heteroatoms. The van der Waals surface area contributed by atoms with Crippen LogP contribution in [-0.2, 0) is 13.5 Å². The summed E-state index contributed by atoms with van der Waals surface area (Å²) in [4.78, 5) is 0. The number of hydrogen-bond acceptors (Lipinski definition) is 2. The fraction of sp³-hybridized carbons (Fsp3) is 0.750. The van der Waals surface area contributed by atoms with E-state index in [2.05, 4.69) is 25.0 Å². The van der Waals surface area contributed by atoms with Crippen LogP contribution in [0.2, 0.25) is 0 Å². The smallest absolute Gasteiger partial charge is 0.0492 e. The van der Waals surface area contributed by atoms with Gasteiger partial charge in [-0.3, -0.25) is 4.68 Å². The zero-order valence-electron chi connectivity index (χ0n) is 10.1. The molecule has 1 heterocycles. The van der Waals surface area contributed by atoms with Crippen LogP contribution in [0, 0.1) is 5.92 Å². The van der Waals surface area contributed by atoms with Crippen molar-refractivity contribution < 1.29 is 0 Å². The Kier molecular flexibility index (Phi) is 4.82. The number of nitrogens with two attached hydrogens (primary N) is 1. The zero-order valence-corrected chi connectivity index (χ0v) is 10.1. The highest BCUT2D eigenvalue weighted by Gasteiger charge is 2.06. The molecule has 1 unspecified atom stereocenters. The van der Waals surface area contributed by atoms with Gasteiger partial charge in [-0.1, -0.05) is 13.8 Å². The molecular formula is C12H23N3. The molecule has 15 heavy (non-hydrogen) atoms. The Morgan fingerprint density at radius 2 is 2.07 bits per heavy atom. The molecule has 1 rings (SSSR count). The molecule has 2 N–H and O–H groups in total. The fourth-order valence-corrected chi connectivity index (χ4v) is 1.67. The predicted molar refractivity (Wildman–Crippen MR) is 63.6 cm³/mol. The minimum absolute atomic E-state index is 0.335. The lowest BCUT2D eigenvalue weighted by atomic mass is 10.0. The van der Waals surface area contributed by atoms with E-state index in [1.807, 2.05) is 17.9 Å². The van der Waals surface area contributed by atoms with Crippen LogP contribution in [0.3, 0.4) is 0 Å². The third-order valence-corrected chi connectivity index (χ3v) is 2.81. The Balaban J connectivity index is 2.22. The van der Waals surface area contributed by atoms with E-state index in [-0.39, 0.29) is 0 Å². The third kappa shape index (κ3) is 4.47. The number of hydrogen-bond donors (Lipinski definition) is 1. The minimum atomic E-state index is 0.335. The largest absolute Gasteiger partial charge is 0.328 e. The van der Waals surface area contributed by atoms with E-state index in [1.54, 1.807) is 0 Å². The Bertz CT molecular complexity index is 278. The summed E-state index contributed by atoms with van der Waals surface area (Å²) in [5, 5.41) is 4.14. The molecule has 0 aliphatic carbocycles. The SMILES string of the molecule is CC(C)CCC(N)CCc1ccnn1C. The van der Waals surface area contributed by atoms with Gasteiger partial charge in [-0.2, -0.15) is 5.10 Å². The summed E-state index contributed by atoms with van der Waals surface area (Å²) in [6.45, 7) is 4.49. The molecule has 1 aromatic rings. The topological polar surface area (TPSA) is 43.8 Å². The summed E-state index contributed by atoms with van der Waals surface area (Å²) < 4.78 is 1.93. The van der Waals surface area contributed by atoms with Crippen LogP contribution < -0.4 is 5.73 Å². The lowest BCUT2D eigenvalue weighted by molar-refractivity contribution is 0.474. The molecule has 0 spiro atoms. The number of nitrogens with zero attached hydrogens (tertiary/aromatic N) is 2. The minimum Gasteiger partial charge on any atom is -0.328 e. The molecule has 1 atom stereocenters. The second-order valence-corrected chi connectivity index (χ2v) is 4.72. The maximum absolute atomic E-state index is 6.06. The van der Waals surface area contributed by atoms with Crippen LogP contribution >= 0.6 is 0 Å². The maximum atomic E-state index is 6.06. The van der Waals surface area contributed by atoms with E-state index in [4.69, 9.17) is 5.73 Å². The van der Waals surface area contributed by atoms with Gasteiger partial charge in [0.05, 0.1) is 0 Å². The van der Waals surface area contributed by atoms with Crippen molar-refractivity contribution in [3.8, 4) is 0 Å². The van der Waals surface area contributed by atoms with Crippen LogP contribution in [0.25, 0.3) is 0 Å². The average molecular weight is 209 g/mol. The van der Waals surface area contributed by atoms with Crippen LogP contribution in [0.15, 0.2) is 12.3 Å². The summed E-state index contributed by atoms with van der Waals surface area (Å²) in [5.74, 6) is 0.757. The molecule has 86 valence electrons. The zero-order chi connectivity index (χ0) is 11.3. The van der Waals surface area contributed by atoms with Gasteiger partial charge >= 0.3 is 0 Å². The summed E-state index contributed by atoms with van der Waals surface area (Å²) in [7, 11) is 1.98. The van der Waals surface area contributed by atoms with Gasteiger partial charge < -0.3 is 5.73 Å². The Morgan fingerprint density at radius 1 is 1.33 bits per heavy atom. The summed E-state index contributed by atoms with van der Waals surface area (Å²) in [6.07, 6.45) is 6.30. The lowest BCUT2D eigenvalue weighted by Crippen LogP contribution is -2.21. The van der Waals surface area contributed by atoms with Crippen LogP contribution in [0.4, 0.5) is 0 Å². The van der Waals surface area contributed by atoms with Crippen molar-refractivity contribution in [2.24, 2.45) is 18.7 Å². The molecule has 3 nitrogen and oxygen atoms in total. The standard InChI is InChI=1S/C12H23N3/c1-10(2)4-5-11(13)6-7-12-8-9-14-15(12)3/h8-11H,4-7,13H2,1-3H3. The first kappa shape index (κ1) is 12.2. The van der Waals surface area contributed by atoms with Crippen LogP contribution in [0.1, 0.15) is 38.8 Å². The Morgan fingerprint density at radius 3 is 2.60 bits per heavy atom. The van der Waals surface area contributed by atoms with Gasteiger partial charge in [-0.25, -0.2) is 0 Å². The first-order chi connectivity index (χ1) is 7.09. The maximum Gasteiger partial charge on any atom is 0.0492 e. The van der Waals surface area contributed by atoms with Gasteiger partial charge in [0, 0.05) is 25.0 Å². The molecule has 0 bridgehead atoms. The molecule has 0 radical (unpaired) electrons. The van der Waals surface area contributed by atoms with Gasteiger partial charge in [0.25, 0.3) is 0 Å². The monoisotopic (exact) mass is 209 g/mol. The van der Waals surface area contributed by atoms with E-state index >= 15 is 0 Å². The van der Waals surface area contributed by atoms with Gasteiger partial charge in [0.2, 0.25) is 0 Å². The van der Waals surface area contributed by atoms with Crippen molar-refractivity contribution in [3.63, 3.8) is 0 Å². The highest BCUT2D eigenvalue weighted by Crippen LogP contribution is 2.10. The van der Waals surface area contributed by atoms with E-state index in [1.165, 1.54) is 12.1 Å². The molecule has 0 saturated carbocycles. The fourth-order valence-electron chi connectivity index (χ4n) is 1.67. The predicted octanol–water partition coefficient (Wildman–Crippen LogP) is 2.12. The van der Waals surface area contributed by atoms with Crippen molar-refractivity contribution in [3.05, 3.63) is 18.0 Å². The first-order valence-corrected chi connectivity index (χ1v) is 5.82. The molecule has 0 aliphatic rings. The summed E-state index contributed by atoms with van der Waals surface area (Å²) >= 11 is 0. The molecule has 0 aromatic carbocycles. The van der Waals surface area contributed by atoms with Gasteiger partial charge in [0.15, 0.2) is 0 Å². The van der Waals surface area contributed by atoms with Crippen molar-refractivity contribution in [2.45, 2.75) is 45.6 Å². The normalized spacial score (nSPS) is 13.4. The van der Waals surface area contributed by atoms with E-state index in [0.717, 1.165) is 25.2 Å². The van der Waals surface area contributed by atoms with Crippen molar-refractivity contribution in [2.75, 3.05) is 0 Å². The van der Waals surface area contributed by atoms with Crippen LogP contribution in [-0.4, -0.2) is 15.8 Å². The number of rotatable bonds is 6. The molecule has 1 aromatic heterocycles. The highest BCUT2D eigenvalue weighted by molar-refractivity contribution is 5.00. The van der Waals surface area contributed by atoms with E-state index in [9.17, 15) is 0 Å². The number of aryl methyl sites for hydroxylation is 2. The highest BCUT2D eigenvalue weighted by atomic mass is 15.2. The number of aromatic nitrogens is 2. The molecule has 0 saturated heterocycles. The second kappa shape index (κ2) is 5.91. The molecular weight excluding hydrogens is 186 g/mol. The summed E-state index contributed by atoms with van der Waals surface area (Å²) in [6, 6.07) is 2.40. The third-order valence-electron chi connectivity index (χ3n) is 2.81. The Hall–Kier alpha value is -0.830. The lowest BCUT2D eigenvalue weighted by Gasteiger charge is -2.12. The Labute approximate surface area is 92.7 Å². The van der Waals surface area contributed by atoms with Gasteiger partial charge in [-0.15, -0.1) is 0 Å². The molecule has 0 amide bonds. The van der Waals surface area contributed by atoms with E-state index in [0.29, 0.717) is 6.04 Å². The molecule has 0 fully saturated rings. The van der Waals surface area contributed by atoms with Crippen LogP contribution in [0.5, 0.6) is 0 Å². The quantitative estimate of drug-likeness (QED) is 0.780. The van der Waals surface area contributed by atoms with Crippen molar-refractivity contribution in [1.29, 1.82) is 0 Å². The van der Waals surface area contributed by atoms with Crippen molar-refractivity contribution >= 4 is 0 Å². The van der Waals surface area contributed by atoms with Gasteiger partial charge in [0.1, 0.15) is 0 Å². The second-order valence-electron chi connectivity index (χ2n) is 4.72.